The van der Waals surface area contributed by atoms with Crippen LogP contribution in [0.2, 0.25) is 0 Å². The zero-order valence-electron chi connectivity index (χ0n) is 23.2. The van der Waals surface area contributed by atoms with Crippen molar-refractivity contribution in [1.29, 1.82) is 0 Å². The largest absolute Gasteiger partial charge is 0.377 e. The van der Waals surface area contributed by atoms with Crippen molar-refractivity contribution in [3.8, 4) is 22.5 Å². The zero-order valence-corrected chi connectivity index (χ0v) is 23.2. The highest BCUT2D eigenvalue weighted by Crippen LogP contribution is 2.36. The molecular weight excluding hydrogens is 490 g/mol. The van der Waals surface area contributed by atoms with Crippen LogP contribution >= 0.6 is 0 Å². The van der Waals surface area contributed by atoms with Crippen LogP contribution in [0.15, 0.2) is 66.7 Å². The third-order valence-electron chi connectivity index (χ3n) is 6.12. The number of amides is 2. The number of nitrogens with one attached hydrogen (secondary N) is 3. The molecule has 0 fully saturated rings. The Hall–Kier alpha value is -4.24. The van der Waals surface area contributed by atoms with Gasteiger partial charge in [-0.05, 0) is 67.3 Å². The average molecular weight is 528 g/mol. The van der Waals surface area contributed by atoms with Crippen molar-refractivity contribution in [2.75, 3.05) is 35.2 Å². The SMILES string of the molecule is Cc1ccc(NC(=O)Nc2cc(-c3ccccc3-c3nn[nH]n3)ccc2N(CCOC(C)C)CC(C)C)cc1. The first-order valence-corrected chi connectivity index (χ1v) is 13.3. The van der Waals surface area contributed by atoms with Gasteiger partial charge in [0.2, 0.25) is 5.82 Å². The van der Waals surface area contributed by atoms with E-state index in [-0.39, 0.29) is 12.1 Å². The first kappa shape index (κ1) is 27.8. The molecule has 0 saturated carbocycles. The quantitative estimate of drug-likeness (QED) is 0.209. The van der Waals surface area contributed by atoms with E-state index in [1.165, 1.54) is 0 Å². The smallest absolute Gasteiger partial charge is 0.323 e. The van der Waals surface area contributed by atoms with Crippen LogP contribution in [-0.2, 0) is 4.74 Å². The molecule has 4 rings (SSSR count). The average Bonchev–Trinajstić information content (AvgIpc) is 3.44. The lowest BCUT2D eigenvalue weighted by atomic mass is 9.98. The maximum Gasteiger partial charge on any atom is 0.323 e. The van der Waals surface area contributed by atoms with E-state index in [4.69, 9.17) is 4.74 Å². The molecule has 0 aliphatic heterocycles. The Morgan fingerprint density at radius 3 is 2.38 bits per heavy atom. The van der Waals surface area contributed by atoms with Gasteiger partial charge in [0.1, 0.15) is 0 Å². The third kappa shape index (κ3) is 7.64. The van der Waals surface area contributed by atoms with Crippen molar-refractivity contribution in [2.24, 2.45) is 5.92 Å². The Labute approximate surface area is 230 Å². The Kier molecular flexibility index (Phi) is 9.27. The van der Waals surface area contributed by atoms with Crippen molar-refractivity contribution in [2.45, 2.75) is 40.7 Å². The molecule has 0 bridgehead atoms. The lowest BCUT2D eigenvalue weighted by molar-refractivity contribution is 0.0838. The molecule has 204 valence electrons. The van der Waals surface area contributed by atoms with Gasteiger partial charge in [0.25, 0.3) is 0 Å². The Bertz CT molecular complexity index is 1350. The van der Waals surface area contributed by atoms with Gasteiger partial charge in [0.05, 0.1) is 24.1 Å². The molecule has 1 heterocycles. The summed E-state index contributed by atoms with van der Waals surface area (Å²) in [6.45, 7) is 12.5. The van der Waals surface area contributed by atoms with Crippen LogP contribution in [0.5, 0.6) is 0 Å². The molecule has 9 nitrogen and oxygen atoms in total. The number of urea groups is 1. The van der Waals surface area contributed by atoms with Gasteiger partial charge in [-0.2, -0.15) is 5.21 Å². The number of aromatic nitrogens is 4. The van der Waals surface area contributed by atoms with E-state index in [2.05, 4.69) is 62.1 Å². The minimum absolute atomic E-state index is 0.146. The minimum atomic E-state index is -0.313. The van der Waals surface area contributed by atoms with Gasteiger partial charge in [-0.3, -0.25) is 0 Å². The summed E-state index contributed by atoms with van der Waals surface area (Å²) in [5.74, 6) is 0.922. The summed E-state index contributed by atoms with van der Waals surface area (Å²) in [5.41, 5.74) is 6.19. The summed E-state index contributed by atoms with van der Waals surface area (Å²) in [5, 5.41) is 20.7. The Balaban J connectivity index is 1.71. The number of hydrogen-bond acceptors (Lipinski definition) is 6. The van der Waals surface area contributed by atoms with E-state index in [9.17, 15) is 4.79 Å². The van der Waals surface area contributed by atoms with Crippen molar-refractivity contribution in [3.63, 3.8) is 0 Å². The molecule has 0 aliphatic rings. The summed E-state index contributed by atoms with van der Waals surface area (Å²) in [7, 11) is 0. The number of rotatable bonds is 11. The monoisotopic (exact) mass is 527 g/mol. The standard InChI is InChI=1S/C30H37N7O2/c1-20(2)19-37(16-17-39-21(3)4)28-15-12-23(25-8-6-7-9-26(25)29-33-35-36-34-29)18-27(28)32-30(38)31-24-13-10-22(5)11-14-24/h6-15,18,20-21H,16-17,19H2,1-5H3,(H2,31,32,38)(H,33,34,35,36). The van der Waals surface area contributed by atoms with Crippen LogP contribution in [0, 0.1) is 12.8 Å². The number of hydrogen-bond donors (Lipinski definition) is 3. The molecule has 0 radical (unpaired) electrons. The van der Waals surface area contributed by atoms with Crippen molar-refractivity contribution >= 4 is 23.1 Å². The molecule has 9 heteroatoms. The van der Waals surface area contributed by atoms with Crippen LogP contribution in [0.4, 0.5) is 21.9 Å². The zero-order chi connectivity index (χ0) is 27.8. The summed E-state index contributed by atoms with van der Waals surface area (Å²) < 4.78 is 5.87. The predicted molar refractivity (Wildman–Crippen MR) is 157 cm³/mol. The number of anilines is 3. The number of carbonyl (C=O) groups excluding carboxylic acids is 1. The molecule has 3 aromatic carbocycles. The predicted octanol–water partition coefficient (Wildman–Crippen LogP) is 6.37. The number of benzene rings is 3. The fourth-order valence-corrected chi connectivity index (χ4v) is 4.36. The van der Waals surface area contributed by atoms with Gasteiger partial charge in [-0.1, -0.05) is 61.9 Å². The Morgan fingerprint density at radius 2 is 1.72 bits per heavy atom. The highest BCUT2D eigenvalue weighted by Gasteiger charge is 2.18. The number of carbonyl (C=O) groups is 1. The number of H-pyrrole nitrogens is 1. The van der Waals surface area contributed by atoms with E-state index >= 15 is 0 Å². The number of ether oxygens (including phenoxy) is 1. The van der Waals surface area contributed by atoms with Gasteiger partial charge < -0.3 is 20.3 Å². The van der Waals surface area contributed by atoms with Crippen molar-refractivity contribution in [1.82, 2.24) is 20.6 Å². The van der Waals surface area contributed by atoms with Gasteiger partial charge in [0.15, 0.2) is 0 Å². The topological polar surface area (TPSA) is 108 Å². The molecule has 0 atom stereocenters. The summed E-state index contributed by atoms with van der Waals surface area (Å²) in [6.07, 6.45) is 0.146. The van der Waals surface area contributed by atoms with Crippen LogP contribution in [-0.4, -0.2) is 52.5 Å². The second-order valence-electron chi connectivity index (χ2n) is 10.2. The summed E-state index contributed by atoms with van der Waals surface area (Å²) >= 11 is 0. The maximum atomic E-state index is 13.2. The number of aryl methyl sites for hydroxylation is 1. The van der Waals surface area contributed by atoms with E-state index in [0.29, 0.717) is 30.6 Å². The maximum absolute atomic E-state index is 13.2. The first-order chi connectivity index (χ1) is 18.8. The lowest BCUT2D eigenvalue weighted by Gasteiger charge is -2.29. The second kappa shape index (κ2) is 13.0. The van der Waals surface area contributed by atoms with Gasteiger partial charge in [0, 0.05) is 24.3 Å². The van der Waals surface area contributed by atoms with Gasteiger partial charge in [-0.15, -0.1) is 10.2 Å². The molecule has 0 saturated heterocycles. The highest BCUT2D eigenvalue weighted by molar-refractivity contribution is 6.02. The third-order valence-corrected chi connectivity index (χ3v) is 6.12. The van der Waals surface area contributed by atoms with Crippen LogP contribution in [0.3, 0.4) is 0 Å². The number of nitrogens with zero attached hydrogens (tertiary/aromatic N) is 4. The van der Waals surface area contributed by atoms with E-state index in [1.807, 2.05) is 75.4 Å². The molecule has 0 aliphatic carbocycles. The van der Waals surface area contributed by atoms with Crippen molar-refractivity contribution < 1.29 is 9.53 Å². The van der Waals surface area contributed by atoms with Crippen molar-refractivity contribution in [3.05, 3.63) is 72.3 Å². The molecule has 3 N–H and O–H groups in total. The molecule has 1 aromatic heterocycles. The van der Waals surface area contributed by atoms with Crippen LogP contribution in [0.1, 0.15) is 33.3 Å². The number of aromatic amines is 1. The summed E-state index contributed by atoms with van der Waals surface area (Å²) in [4.78, 5) is 15.4. The van der Waals surface area contributed by atoms with E-state index < -0.39 is 0 Å². The fourth-order valence-electron chi connectivity index (χ4n) is 4.36. The molecule has 0 unspecified atom stereocenters. The molecule has 2 amide bonds. The molecular formula is C30H37N7O2. The fraction of sp³-hybridized carbons (Fsp3) is 0.333. The molecule has 0 spiro atoms. The summed E-state index contributed by atoms with van der Waals surface area (Å²) in [6, 6.07) is 21.4. The van der Waals surface area contributed by atoms with Gasteiger partial charge >= 0.3 is 6.03 Å². The highest BCUT2D eigenvalue weighted by atomic mass is 16.5. The first-order valence-electron chi connectivity index (χ1n) is 13.3. The van der Waals surface area contributed by atoms with E-state index in [1.54, 1.807) is 0 Å². The Morgan fingerprint density at radius 1 is 0.974 bits per heavy atom. The van der Waals surface area contributed by atoms with Crippen LogP contribution < -0.4 is 15.5 Å². The lowest BCUT2D eigenvalue weighted by Crippen LogP contribution is -2.33. The molecule has 39 heavy (non-hydrogen) atoms. The van der Waals surface area contributed by atoms with Crippen LogP contribution in [0.25, 0.3) is 22.5 Å². The second-order valence-corrected chi connectivity index (χ2v) is 10.2. The molecule has 4 aromatic rings. The minimum Gasteiger partial charge on any atom is -0.377 e. The number of tetrazole rings is 1. The van der Waals surface area contributed by atoms with E-state index in [0.717, 1.165) is 40.2 Å². The van der Waals surface area contributed by atoms with Gasteiger partial charge in [-0.25, -0.2) is 4.79 Å². The normalized spacial score (nSPS) is 11.2.